The van der Waals surface area contributed by atoms with Gasteiger partial charge in [-0.3, -0.25) is 9.59 Å². The van der Waals surface area contributed by atoms with Crippen molar-refractivity contribution in [2.45, 2.75) is 23.4 Å². The fraction of sp³-hybridized carbons (Fsp3) is 0.300. The summed E-state index contributed by atoms with van der Waals surface area (Å²) in [6, 6.07) is 4.02. The van der Waals surface area contributed by atoms with Gasteiger partial charge in [-0.15, -0.1) is 23.2 Å². The fourth-order valence-corrected chi connectivity index (χ4v) is 4.37. The van der Waals surface area contributed by atoms with Crippen molar-refractivity contribution in [3.8, 4) is 0 Å². The maximum atomic E-state index is 14.3. The maximum absolute atomic E-state index is 14.3. The second-order valence-corrected chi connectivity index (χ2v) is 8.88. The molecule has 2 atom stereocenters. The van der Waals surface area contributed by atoms with Gasteiger partial charge in [0, 0.05) is 12.5 Å². The summed E-state index contributed by atoms with van der Waals surface area (Å²) in [5, 5.41) is 4.52. The minimum atomic E-state index is -4.96. The molecular weight excluding hydrogens is 502 g/mol. The molecule has 1 saturated carbocycles. The number of alkyl halides is 5. The highest BCUT2D eigenvalue weighted by molar-refractivity contribution is 6.53. The maximum Gasteiger partial charge on any atom is 0.419 e. The Labute approximate surface area is 194 Å². The third-order valence-electron chi connectivity index (χ3n) is 4.89. The molecule has 2 aromatic rings. The summed E-state index contributed by atoms with van der Waals surface area (Å²) in [4.78, 5) is 24.7. The van der Waals surface area contributed by atoms with E-state index in [1.807, 2.05) is 0 Å². The zero-order chi connectivity index (χ0) is 24.0. The number of hydrogen-bond acceptors (Lipinski definition) is 2. The molecule has 0 unspecified atom stereocenters. The van der Waals surface area contributed by atoms with E-state index < -0.39 is 57.0 Å². The van der Waals surface area contributed by atoms with Crippen molar-refractivity contribution in [3.05, 3.63) is 63.7 Å². The first-order valence-electron chi connectivity index (χ1n) is 9.11. The highest BCUT2D eigenvalue weighted by Gasteiger charge is 2.67. The van der Waals surface area contributed by atoms with E-state index in [4.69, 9.17) is 34.8 Å². The summed E-state index contributed by atoms with van der Waals surface area (Å²) in [5.74, 6) is -6.32. The number of hydrogen-bond donors (Lipinski definition) is 2. The standard InChI is InChI=1S/C20H14Cl3F5N2O2/c1-2-29-17(31)9-6-14(13(25)7-11(9)21)30-18(32)16-15(19(16,22)23)8-3-4-12(24)10(5-8)20(26,27)28/h3-7,15-16H,2H2,1H3,(H,29,31)(H,30,32)/t15-,16+/m0/s1. The van der Waals surface area contributed by atoms with Crippen molar-refractivity contribution >= 4 is 52.3 Å². The van der Waals surface area contributed by atoms with Gasteiger partial charge in [0.25, 0.3) is 5.91 Å². The van der Waals surface area contributed by atoms with Gasteiger partial charge in [0.05, 0.1) is 27.8 Å². The Balaban J connectivity index is 1.87. The third-order valence-corrected chi connectivity index (χ3v) is 6.14. The van der Waals surface area contributed by atoms with Crippen LogP contribution in [0.5, 0.6) is 0 Å². The zero-order valence-electron chi connectivity index (χ0n) is 16.1. The number of rotatable bonds is 5. The highest BCUT2D eigenvalue weighted by Crippen LogP contribution is 2.65. The van der Waals surface area contributed by atoms with Crippen molar-refractivity contribution in [3.63, 3.8) is 0 Å². The molecule has 0 aromatic heterocycles. The number of amides is 2. The quantitative estimate of drug-likeness (QED) is 0.384. The first kappa shape index (κ1) is 24.5. The molecule has 0 bridgehead atoms. The van der Waals surface area contributed by atoms with E-state index in [1.165, 1.54) is 0 Å². The van der Waals surface area contributed by atoms with Gasteiger partial charge in [-0.2, -0.15) is 13.2 Å². The number of halogens is 8. The molecule has 0 radical (unpaired) electrons. The minimum Gasteiger partial charge on any atom is -0.352 e. The number of carbonyl (C=O) groups is 2. The van der Waals surface area contributed by atoms with Crippen LogP contribution >= 0.6 is 34.8 Å². The van der Waals surface area contributed by atoms with Gasteiger partial charge in [-0.25, -0.2) is 8.78 Å². The molecule has 0 saturated heterocycles. The topological polar surface area (TPSA) is 58.2 Å². The summed E-state index contributed by atoms with van der Waals surface area (Å²) in [6.07, 6.45) is -4.96. The Morgan fingerprint density at radius 1 is 1.09 bits per heavy atom. The van der Waals surface area contributed by atoms with Gasteiger partial charge in [-0.1, -0.05) is 17.7 Å². The summed E-state index contributed by atoms with van der Waals surface area (Å²) in [5.41, 5.74) is -2.14. The SMILES string of the molecule is CCNC(=O)c1cc(NC(=O)[C@H]2[C@H](c3ccc(F)c(C(F)(F)F)c3)C2(Cl)Cl)c(F)cc1Cl. The summed E-state index contributed by atoms with van der Waals surface area (Å²) < 4.78 is 65.1. The Bertz CT molecular complexity index is 1090. The lowest BCUT2D eigenvalue weighted by Gasteiger charge is -2.11. The number of anilines is 1. The molecule has 4 nitrogen and oxygen atoms in total. The van der Waals surface area contributed by atoms with Crippen LogP contribution in [0.3, 0.4) is 0 Å². The molecule has 32 heavy (non-hydrogen) atoms. The fourth-order valence-electron chi connectivity index (χ4n) is 3.31. The minimum absolute atomic E-state index is 0.103. The molecular formula is C20H14Cl3F5N2O2. The molecule has 2 aromatic carbocycles. The van der Waals surface area contributed by atoms with Crippen molar-refractivity contribution in [1.82, 2.24) is 5.32 Å². The lowest BCUT2D eigenvalue weighted by atomic mass is 10.0. The molecule has 0 spiro atoms. The first-order valence-corrected chi connectivity index (χ1v) is 10.2. The van der Waals surface area contributed by atoms with E-state index in [0.717, 1.165) is 18.2 Å². The van der Waals surface area contributed by atoms with E-state index in [9.17, 15) is 31.5 Å². The van der Waals surface area contributed by atoms with Crippen LogP contribution in [-0.2, 0) is 11.0 Å². The smallest absolute Gasteiger partial charge is 0.352 e. The van der Waals surface area contributed by atoms with E-state index in [1.54, 1.807) is 6.92 Å². The lowest BCUT2D eigenvalue weighted by Crippen LogP contribution is -2.24. The Hall–Kier alpha value is -2.10. The van der Waals surface area contributed by atoms with Crippen LogP contribution < -0.4 is 10.6 Å². The molecule has 1 aliphatic carbocycles. The van der Waals surface area contributed by atoms with Crippen LogP contribution in [-0.4, -0.2) is 22.7 Å². The lowest BCUT2D eigenvalue weighted by molar-refractivity contribution is -0.140. The van der Waals surface area contributed by atoms with E-state index in [0.29, 0.717) is 12.1 Å². The average molecular weight is 516 g/mol. The predicted octanol–water partition coefficient (Wildman–Crippen LogP) is 5.91. The van der Waals surface area contributed by atoms with Gasteiger partial charge in [-0.05, 0) is 36.8 Å². The Morgan fingerprint density at radius 3 is 2.34 bits per heavy atom. The number of carbonyl (C=O) groups excluding carboxylic acids is 2. The van der Waals surface area contributed by atoms with Crippen LogP contribution in [0.25, 0.3) is 0 Å². The largest absolute Gasteiger partial charge is 0.419 e. The van der Waals surface area contributed by atoms with Gasteiger partial charge in [0.1, 0.15) is 16.0 Å². The van der Waals surface area contributed by atoms with Crippen molar-refractivity contribution < 1.29 is 31.5 Å². The van der Waals surface area contributed by atoms with Gasteiger partial charge >= 0.3 is 6.18 Å². The predicted molar refractivity (Wildman–Crippen MR) is 110 cm³/mol. The summed E-state index contributed by atoms with van der Waals surface area (Å²) >= 11 is 18.1. The van der Waals surface area contributed by atoms with Crippen molar-refractivity contribution in [2.75, 3.05) is 11.9 Å². The second kappa shape index (κ2) is 8.68. The normalized spacial score (nSPS) is 19.4. The van der Waals surface area contributed by atoms with Crippen LogP contribution in [0, 0.1) is 17.6 Å². The van der Waals surface area contributed by atoms with Gasteiger partial charge in [0.15, 0.2) is 0 Å². The third kappa shape index (κ3) is 4.65. The Kier molecular flexibility index (Phi) is 6.66. The van der Waals surface area contributed by atoms with E-state index in [2.05, 4.69) is 10.6 Å². The average Bonchev–Trinajstić information content (AvgIpc) is 3.25. The second-order valence-electron chi connectivity index (χ2n) is 7.03. The van der Waals surface area contributed by atoms with Crippen LogP contribution in [0.1, 0.15) is 34.3 Å². The highest BCUT2D eigenvalue weighted by atomic mass is 35.5. The van der Waals surface area contributed by atoms with Gasteiger partial charge in [0.2, 0.25) is 5.91 Å². The molecule has 3 rings (SSSR count). The number of nitrogens with one attached hydrogen (secondary N) is 2. The molecule has 2 N–H and O–H groups in total. The van der Waals surface area contributed by atoms with Crippen LogP contribution in [0.15, 0.2) is 30.3 Å². The molecule has 0 heterocycles. The molecule has 1 aliphatic rings. The van der Waals surface area contributed by atoms with Crippen molar-refractivity contribution in [2.24, 2.45) is 5.92 Å². The van der Waals surface area contributed by atoms with Crippen molar-refractivity contribution in [1.29, 1.82) is 0 Å². The van der Waals surface area contributed by atoms with E-state index >= 15 is 0 Å². The molecule has 172 valence electrons. The number of benzene rings is 2. The molecule has 1 fully saturated rings. The van der Waals surface area contributed by atoms with Gasteiger partial charge < -0.3 is 10.6 Å². The Morgan fingerprint density at radius 2 is 1.75 bits per heavy atom. The molecule has 0 aliphatic heterocycles. The first-order chi connectivity index (χ1) is 14.8. The van der Waals surface area contributed by atoms with E-state index in [-0.39, 0.29) is 22.7 Å². The summed E-state index contributed by atoms with van der Waals surface area (Å²) in [7, 11) is 0. The summed E-state index contributed by atoms with van der Waals surface area (Å²) in [6.45, 7) is 1.93. The molecule has 12 heteroatoms. The van der Waals surface area contributed by atoms with Crippen LogP contribution in [0.2, 0.25) is 5.02 Å². The zero-order valence-corrected chi connectivity index (χ0v) is 18.4. The van der Waals surface area contributed by atoms with Crippen LogP contribution in [0.4, 0.5) is 27.6 Å². The monoisotopic (exact) mass is 514 g/mol. The molecule has 2 amide bonds.